The number of thiophene rings is 1. The molecule has 3 aromatic rings. The van der Waals surface area contributed by atoms with Crippen molar-refractivity contribution in [3.8, 4) is 0 Å². The molecule has 1 fully saturated rings. The Morgan fingerprint density at radius 3 is 2.32 bits per heavy atom. The van der Waals surface area contributed by atoms with E-state index in [-0.39, 0.29) is 6.04 Å². The predicted octanol–water partition coefficient (Wildman–Crippen LogP) is 4.10. The molecule has 164 valence electrons. The third-order valence-corrected chi connectivity index (χ3v) is 8.99. The molecule has 4 rings (SSSR count). The number of hydrogen-bond acceptors (Lipinski definition) is 5. The molecule has 31 heavy (non-hydrogen) atoms. The number of benzene rings is 2. The summed E-state index contributed by atoms with van der Waals surface area (Å²) in [7, 11) is -3.48. The van der Waals surface area contributed by atoms with Gasteiger partial charge in [0.05, 0.1) is 5.60 Å². The second-order valence-corrected chi connectivity index (χ2v) is 11.6. The molecule has 0 bridgehead atoms. The van der Waals surface area contributed by atoms with Gasteiger partial charge in [-0.1, -0.05) is 48.5 Å². The van der Waals surface area contributed by atoms with Crippen molar-refractivity contribution in [1.29, 1.82) is 0 Å². The summed E-state index contributed by atoms with van der Waals surface area (Å²) in [6, 6.07) is 21.6. The van der Waals surface area contributed by atoms with Gasteiger partial charge in [-0.3, -0.25) is 0 Å². The quantitative estimate of drug-likeness (QED) is 0.607. The minimum atomic E-state index is -3.48. The van der Waals surface area contributed by atoms with E-state index < -0.39 is 15.6 Å². The highest BCUT2D eigenvalue weighted by atomic mass is 32.2. The lowest BCUT2D eigenvalue weighted by Gasteiger charge is -2.42. The molecule has 0 spiro atoms. The molecule has 0 aliphatic carbocycles. The smallest absolute Gasteiger partial charge is 0.252 e. The van der Waals surface area contributed by atoms with Crippen molar-refractivity contribution in [2.75, 3.05) is 24.5 Å². The molecule has 2 heterocycles. The first-order valence-corrected chi connectivity index (χ1v) is 12.7. The largest absolute Gasteiger partial charge is 0.386 e. The number of piperazine rings is 1. The molecule has 7 heteroatoms. The molecule has 1 N–H and O–H groups in total. The van der Waals surface area contributed by atoms with Crippen LogP contribution in [-0.4, -0.2) is 43.5 Å². The van der Waals surface area contributed by atoms with E-state index in [9.17, 15) is 13.5 Å². The van der Waals surface area contributed by atoms with Crippen LogP contribution in [0.4, 0.5) is 5.69 Å². The summed E-state index contributed by atoms with van der Waals surface area (Å²) in [6.07, 6.45) is 0.755. The summed E-state index contributed by atoms with van der Waals surface area (Å²) in [5, 5.41) is 12.1. The second-order valence-electron chi connectivity index (χ2n) is 8.44. The number of sulfonamides is 1. The number of rotatable bonds is 6. The van der Waals surface area contributed by atoms with Crippen LogP contribution in [0.5, 0.6) is 0 Å². The number of hydrogen-bond donors (Lipinski definition) is 1. The van der Waals surface area contributed by atoms with Gasteiger partial charge in [-0.15, -0.1) is 11.3 Å². The Hall–Kier alpha value is -2.19. The zero-order valence-electron chi connectivity index (χ0n) is 17.8. The van der Waals surface area contributed by atoms with Crippen molar-refractivity contribution in [2.45, 2.75) is 36.1 Å². The van der Waals surface area contributed by atoms with Gasteiger partial charge in [0.1, 0.15) is 4.21 Å². The fourth-order valence-corrected chi connectivity index (χ4v) is 6.66. The third-order valence-electron chi connectivity index (χ3n) is 5.75. The number of anilines is 1. The van der Waals surface area contributed by atoms with Gasteiger partial charge in [-0.05, 0) is 55.0 Å². The number of nitrogens with zero attached hydrogens (tertiary/aromatic N) is 2. The Morgan fingerprint density at radius 1 is 1.00 bits per heavy atom. The van der Waals surface area contributed by atoms with Crippen LogP contribution in [0.25, 0.3) is 0 Å². The van der Waals surface area contributed by atoms with Crippen molar-refractivity contribution < 1.29 is 13.5 Å². The highest BCUT2D eigenvalue weighted by Crippen LogP contribution is 2.29. The first kappa shape index (κ1) is 22.0. The zero-order chi connectivity index (χ0) is 22.1. The Bertz CT molecular complexity index is 1090. The Balaban J connectivity index is 1.62. The molecule has 2 aromatic carbocycles. The summed E-state index contributed by atoms with van der Waals surface area (Å²) >= 11 is 1.26. The number of aliphatic hydroxyl groups is 1. The molecule has 1 aromatic heterocycles. The van der Waals surface area contributed by atoms with Gasteiger partial charge >= 0.3 is 0 Å². The average Bonchev–Trinajstić information content (AvgIpc) is 3.30. The van der Waals surface area contributed by atoms with Gasteiger partial charge < -0.3 is 10.0 Å². The van der Waals surface area contributed by atoms with Crippen LogP contribution in [-0.2, 0) is 22.0 Å². The van der Waals surface area contributed by atoms with Crippen LogP contribution in [0.3, 0.4) is 0 Å². The third kappa shape index (κ3) is 4.85. The van der Waals surface area contributed by atoms with Gasteiger partial charge in [0.25, 0.3) is 10.0 Å². The van der Waals surface area contributed by atoms with Gasteiger partial charge in [-0.2, -0.15) is 4.31 Å². The van der Waals surface area contributed by atoms with E-state index in [1.54, 1.807) is 35.7 Å². The Kier molecular flexibility index (Phi) is 6.21. The zero-order valence-corrected chi connectivity index (χ0v) is 19.4. The summed E-state index contributed by atoms with van der Waals surface area (Å²) in [4.78, 5) is 2.29. The lowest BCUT2D eigenvalue weighted by atomic mass is 9.97. The van der Waals surface area contributed by atoms with E-state index in [2.05, 4.69) is 17.0 Å². The van der Waals surface area contributed by atoms with Crippen molar-refractivity contribution in [1.82, 2.24) is 4.31 Å². The summed E-state index contributed by atoms with van der Waals surface area (Å²) < 4.78 is 28.3. The van der Waals surface area contributed by atoms with Gasteiger partial charge in [0, 0.05) is 31.4 Å². The van der Waals surface area contributed by atoms with Crippen molar-refractivity contribution in [3.05, 3.63) is 83.2 Å². The monoisotopic (exact) mass is 456 g/mol. The molecule has 1 saturated heterocycles. The highest BCUT2D eigenvalue weighted by molar-refractivity contribution is 7.91. The summed E-state index contributed by atoms with van der Waals surface area (Å²) in [6.45, 7) is 5.04. The summed E-state index contributed by atoms with van der Waals surface area (Å²) in [5.74, 6) is 0. The maximum Gasteiger partial charge on any atom is 0.252 e. The Morgan fingerprint density at radius 2 is 1.71 bits per heavy atom. The molecule has 0 radical (unpaired) electrons. The van der Waals surface area contributed by atoms with Gasteiger partial charge in [-0.25, -0.2) is 8.42 Å². The molecule has 1 aliphatic heterocycles. The van der Waals surface area contributed by atoms with Crippen LogP contribution in [0.15, 0.2) is 76.3 Å². The maximum absolute atomic E-state index is 13.1. The first-order valence-electron chi connectivity index (χ1n) is 10.4. The fourth-order valence-electron chi connectivity index (χ4n) is 4.04. The van der Waals surface area contributed by atoms with E-state index in [0.717, 1.165) is 17.7 Å². The second kappa shape index (κ2) is 8.74. The van der Waals surface area contributed by atoms with Crippen molar-refractivity contribution >= 4 is 27.0 Å². The van der Waals surface area contributed by atoms with E-state index in [0.29, 0.717) is 23.8 Å². The summed E-state index contributed by atoms with van der Waals surface area (Å²) in [5.41, 5.74) is 2.19. The molecule has 0 amide bonds. The Labute approximate surface area is 188 Å². The van der Waals surface area contributed by atoms with E-state index in [4.69, 9.17) is 0 Å². The van der Waals surface area contributed by atoms with Crippen LogP contribution in [0, 0.1) is 0 Å². The van der Waals surface area contributed by atoms with Crippen LogP contribution < -0.4 is 4.90 Å². The fraction of sp³-hybridized carbons (Fsp3) is 0.333. The van der Waals surface area contributed by atoms with Crippen LogP contribution in [0.1, 0.15) is 25.0 Å². The average molecular weight is 457 g/mol. The van der Waals surface area contributed by atoms with Crippen molar-refractivity contribution in [3.63, 3.8) is 0 Å². The predicted molar refractivity (Wildman–Crippen MR) is 126 cm³/mol. The van der Waals surface area contributed by atoms with E-state index >= 15 is 0 Å². The van der Waals surface area contributed by atoms with Crippen LogP contribution in [0.2, 0.25) is 0 Å². The molecular weight excluding hydrogens is 428 g/mol. The molecule has 0 saturated carbocycles. The lowest BCUT2D eigenvalue weighted by molar-refractivity contribution is 0.0786. The molecule has 5 nitrogen and oxygen atoms in total. The normalized spacial score (nSPS) is 18.3. The van der Waals surface area contributed by atoms with Gasteiger partial charge in [0.2, 0.25) is 0 Å². The minimum absolute atomic E-state index is 0.0128. The van der Waals surface area contributed by atoms with Crippen LogP contribution >= 0.6 is 11.3 Å². The SMILES string of the molecule is CC(C)(O)c1ccc(N2CCN(S(=O)(=O)c3cccs3)C[C@@H]2Cc2ccccc2)cc1. The lowest BCUT2D eigenvalue weighted by Crippen LogP contribution is -2.55. The first-order chi connectivity index (χ1) is 14.7. The van der Waals surface area contributed by atoms with Crippen molar-refractivity contribution in [2.24, 2.45) is 0 Å². The van der Waals surface area contributed by atoms with E-state index in [1.165, 1.54) is 16.9 Å². The maximum atomic E-state index is 13.1. The highest BCUT2D eigenvalue weighted by Gasteiger charge is 2.35. The molecule has 1 aliphatic rings. The molecule has 1 atom stereocenters. The topological polar surface area (TPSA) is 60.9 Å². The minimum Gasteiger partial charge on any atom is -0.386 e. The molecular formula is C24H28N2O3S2. The van der Waals surface area contributed by atoms with Gasteiger partial charge in [0.15, 0.2) is 0 Å². The standard InChI is InChI=1S/C24H28N2O3S2/c1-24(2,27)20-10-12-21(13-11-20)26-15-14-25(31(28,29)23-9-6-16-30-23)18-22(26)17-19-7-4-3-5-8-19/h3-13,16,22,27H,14-15,17-18H2,1-2H3/t22-/m0/s1. The molecule has 0 unspecified atom stereocenters. The van der Waals surface area contributed by atoms with E-state index in [1.807, 2.05) is 42.5 Å².